The van der Waals surface area contributed by atoms with Crippen molar-refractivity contribution in [1.29, 1.82) is 0 Å². The smallest absolute Gasteiger partial charge is 0.471 e. The normalized spacial score (nSPS) is 24.1. The molecule has 2 aliphatic rings. The number of phosphoric acid groups is 14. The Morgan fingerprint density at radius 2 is 0.731 bits per heavy atom. The van der Waals surface area contributed by atoms with Crippen molar-refractivity contribution in [2.45, 2.75) is 230 Å². The molecule has 3 heterocycles. The van der Waals surface area contributed by atoms with E-state index in [1.54, 1.807) is 4.68 Å². The molecule has 2 aliphatic heterocycles. The monoisotopic (exact) mass is 2000 g/mol. The molecule has 0 aliphatic carbocycles. The first-order chi connectivity index (χ1) is 54.7. The van der Waals surface area contributed by atoms with E-state index >= 15 is 0 Å². The summed E-state index contributed by atoms with van der Waals surface area (Å²) >= 11 is 0. The average Bonchev–Trinajstić information content (AvgIpc) is 1.55. The molecule has 702 valence electrons. The van der Waals surface area contributed by atoms with Gasteiger partial charge < -0.3 is 115 Å². The highest BCUT2D eigenvalue weighted by atomic mass is 31.3. The van der Waals surface area contributed by atoms with E-state index in [1.165, 1.54) is 13.8 Å². The number of aliphatic hydroxyl groups is 2. The maximum absolute atomic E-state index is 11.9. The topological polar surface area (TPSA) is 864 Å². The van der Waals surface area contributed by atoms with Gasteiger partial charge >= 0.3 is 7.82 Å². The number of unbranched alkanes of at least 4 members (excludes halogenated alkanes) is 20. The average molecular weight is 2000 g/mol. The number of rotatable bonds is 66. The van der Waals surface area contributed by atoms with Gasteiger partial charge in [-0.1, -0.05) is 107 Å². The largest absolute Gasteiger partial charge is 0.756 e. The van der Waals surface area contributed by atoms with Gasteiger partial charge in [-0.2, -0.15) is 0 Å². The Labute approximate surface area is 683 Å². The highest BCUT2D eigenvalue weighted by molar-refractivity contribution is 7.72. The Bertz CT molecular complexity index is 3990. The lowest BCUT2D eigenvalue weighted by Gasteiger charge is -2.38. The van der Waals surface area contributed by atoms with Crippen molar-refractivity contribution in [2.24, 2.45) is 5.11 Å². The lowest BCUT2D eigenvalue weighted by molar-refractivity contribution is -0.264. The van der Waals surface area contributed by atoms with Crippen LogP contribution in [0.15, 0.2) is 11.3 Å². The van der Waals surface area contributed by atoms with Crippen LogP contribution in [0.25, 0.3) is 10.4 Å². The van der Waals surface area contributed by atoms with Crippen molar-refractivity contribution in [1.82, 2.24) is 15.0 Å². The van der Waals surface area contributed by atoms with E-state index in [2.05, 4.69) is 101 Å². The summed E-state index contributed by atoms with van der Waals surface area (Å²) in [6.45, 7) is 1.22. The lowest BCUT2D eigenvalue weighted by Crippen LogP contribution is -2.27. The quantitative estimate of drug-likeness (QED) is 0.0208. The highest BCUT2D eigenvalue weighted by Gasteiger charge is 2.38. The number of azide groups is 1. The number of aromatic nitrogens is 3. The van der Waals surface area contributed by atoms with Gasteiger partial charge in [0.1, 0.15) is 12.2 Å². The van der Waals surface area contributed by atoms with E-state index < -0.39 is 173 Å². The van der Waals surface area contributed by atoms with Crippen LogP contribution in [0, 0.1) is 12.3 Å². The van der Waals surface area contributed by atoms with Crippen LogP contribution in [0.4, 0.5) is 0 Å². The Balaban J connectivity index is 0.00000106. The van der Waals surface area contributed by atoms with Gasteiger partial charge in [-0.25, -0.2) is 47.7 Å². The highest BCUT2D eigenvalue weighted by Crippen LogP contribution is 2.73. The van der Waals surface area contributed by atoms with Gasteiger partial charge in [0.05, 0.1) is 69.8 Å². The fourth-order valence-electron chi connectivity index (χ4n) is 9.41. The minimum absolute atomic E-state index is 0.0659. The molecular weight excluding hydrogens is 1910 g/mol. The van der Waals surface area contributed by atoms with Crippen LogP contribution in [0.3, 0.4) is 0 Å². The molecule has 20 atom stereocenters. The van der Waals surface area contributed by atoms with Gasteiger partial charge in [0.25, 0.3) is 102 Å². The van der Waals surface area contributed by atoms with Crippen LogP contribution in [-0.2, 0) is 166 Å². The number of nitrogens with zero attached hydrogens (tertiary/aromatic N) is 6. The second-order valence-electron chi connectivity index (χ2n) is 24.7. The first-order valence-electron chi connectivity index (χ1n) is 35.2. The summed E-state index contributed by atoms with van der Waals surface area (Å²) in [4.78, 5) is 164. The summed E-state index contributed by atoms with van der Waals surface area (Å²) in [6.07, 6.45) is 19.2. The Morgan fingerprint density at radius 3 is 1.05 bits per heavy atom. The van der Waals surface area contributed by atoms with E-state index in [0.717, 1.165) is 110 Å². The number of phosphoric ester groups is 6. The molecule has 2 saturated heterocycles. The van der Waals surface area contributed by atoms with Crippen molar-refractivity contribution in [3.05, 3.63) is 22.3 Å². The molecule has 3 rings (SSSR count). The fourth-order valence-corrected chi connectivity index (χ4v) is 25.4. The molecule has 1 aromatic heterocycles. The molecule has 0 aromatic carbocycles. The SMILES string of the molecule is C#CCCCCOP(=O)([O-])OC.CC1CC(O)C(COP(=O)([O-])OP(=O)([O-])OP(=O)([O-])OP(=O)([O-])OP(=O)([O-])OP(=O)([O-])OCCCCCCCCCCCN=[N+]=[N-])O1.COP(=O)(O)OCCCCc1cn(CCCCCCCCCCCCOP(=O)([O-])OP(=O)([O-])OP(=O)([O-])OP(=O)([O-])OP(=O)([O-])OP(=O)([O-])OCC2OC(C)CC2O)nn1. The third-order valence-electron chi connectivity index (χ3n) is 14.4. The predicted octanol–water partition coefficient (Wildman–Crippen LogP) is 3.92. The van der Waals surface area contributed by atoms with Crippen LogP contribution >= 0.6 is 110 Å². The van der Waals surface area contributed by atoms with Crippen molar-refractivity contribution >= 4 is 110 Å². The molecule has 20 unspecified atom stereocenters. The lowest BCUT2D eigenvalue weighted by atomic mass is 10.1. The molecule has 0 radical (unpaired) electrons. The maximum atomic E-state index is 11.9. The standard InChI is InChI=1S/C25H54N3O25P7.C17H39N3O21P6.C7H13O4P/c1-22-19-24(29)25(48-22)21-47-56(34,35)50-58(38,39)52-60(42,43)53-59(40,41)51-57(36,37)49-55(32,33)46-17-13-10-8-6-4-3-5-7-9-12-16-28-20-23(26-27-28)15-11-14-18-45-54(30,31)44-2;1-15-13-16(21)17(36-15)14-35-43(24,25)38-45(28,29)40-47(32,33)41-46(30,31)39-44(26,27)37-42(22,23)34-12-10-8-6-4-2-3-5-7-9-11-19-20-18;1-3-4-5-6-7-11-12(8,9)10-2/h20,22,24-25,29H,3-19,21H2,1-2H3,(H,30,31)(H,32,33)(H,34,35)(H,36,37)(H,38,39)(H,40,41)(H,42,43);15-17,21H,2-14H2,1H3,(H,22,23)(H,24,25)(H,26,27)(H,28,29)(H,30,31)(H,32,33);1H,4-7H2,2H3,(H,8,9)/p-13. The molecule has 119 heavy (non-hydrogen) atoms. The number of ether oxygens (including phenoxy) is 2. The van der Waals surface area contributed by atoms with E-state index in [9.17, 15) is 143 Å². The zero-order valence-electron chi connectivity index (χ0n) is 63.8. The first-order valence-corrected chi connectivity index (χ1v) is 55.7. The summed E-state index contributed by atoms with van der Waals surface area (Å²) in [6, 6.07) is 0. The Morgan fingerprint density at radius 1 is 0.437 bits per heavy atom. The Hall–Kier alpha value is -0.210. The van der Waals surface area contributed by atoms with Crippen molar-refractivity contribution in [3.8, 4) is 12.3 Å². The second-order valence-corrected chi connectivity index (χ2v) is 46.1. The Kier molecular flexibility index (Phi) is 55.3. The summed E-state index contributed by atoms with van der Waals surface area (Å²) in [5, 5.41) is 31.0. The van der Waals surface area contributed by atoms with Crippen LogP contribution in [-0.4, -0.2) is 127 Å². The summed E-state index contributed by atoms with van der Waals surface area (Å²) in [5.74, 6) is 2.45. The molecule has 56 nitrogen and oxygen atoms in total. The molecular formula is C49H93N6O50P14-13. The van der Waals surface area contributed by atoms with Gasteiger partial charge in [0, 0.05) is 57.7 Å². The van der Waals surface area contributed by atoms with Crippen LogP contribution < -0.4 is 63.6 Å². The fraction of sp³-hybridized carbons (Fsp3) is 0.918. The molecule has 3 N–H and O–H groups in total. The number of aliphatic hydroxyl groups excluding tert-OH is 2. The molecule has 1 aromatic rings. The number of terminal acetylenes is 1. The van der Waals surface area contributed by atoms with Crippen molar-refractivity contribution in [2.75, 3.05) is 60.4 Å². The van der Waals surface area contributed by atoms with E-state index in [1.807, 2.05) is 6.20 Å². The van der Waals surface area contributed by atoms with Crippen molar-refractivity contribution in [3.63, 3.8) is 0 Å². The molecule has 2 fully saturated rings. The first kappa shape index (κ1) is 117. The summed E-state index contributed by atoms with van der Waals surface area (Å²) < 4.78 is 243. The van der Waals surface area contributed by atoms with Crippen molar-refractivity contribution < 1.29 is 231 Å². The third-order valence-corrected chi connectivity index (χ3v) is 34.3. The minimum atomic E-state index is -6.82. The van der Waals surface area contributed by atoms with Crippen LogP contribution in [0.5, 0.6) is 0 Å². The summed E-state index contributed by atoms with van der Waals surface area (Å²) in [5.41, 5.74) is 8.99. The van der Waals surface area contributed by atoms with Crippen LogP contribution in [0.1, 0.15) is 186 Å². The summed E-state index contributed by atoms with van der Waals surface area (Å²) in [7, 11) is -83.0. The second kappa shape index (κ2) is 56.4. The van der Waals surface area contributed by atoms with Gasteiger partial charge in [0.2, 0.25) is 0 Å². The maximum Gasteiger partial charge on any atom is 0.471 e. The van der Waals surface area contributed by atoms with E-state index in [-0.39, 0.29) is 38.9 Å². The number of hydrogen-bond donors (Lipinski definition) is 3. The minimum Gasteiger partial charge on any atom is -0.756 e. The third kappa shape index (κ3) is 61.1. The molecule has 0 spiro atoms. The number of aryl methyl sites for hydroxylation is 2. The zero-order valence-corrected chi connectivity index (χ0v) is 76.4. The van der Waals surface area contributed by atoms with Gasteiger partial charge in [-0.15, -0.1) is 17.4 Å². The predicted molar refractivity (Wildman–Crippen MR) is 377 cm³/mol. The molecule has 0 amide bonds. The molecule has 0 saturated carbocycles. The van der Waals surface area contributed by atoms with Gasteiger partial charge in [0.15, 0.2) is 0 Å². The van der Waals surface area contributed by atoms with Crippen LogP contribution in [0.2, 0.25) is 0 Å². The van der Waals surface area contributed by atoms with E-state index in [4.69, 9.17) is 26.0 Å². The number of hydrogen-bond acceptors (Lipinski definition) is 52. The van der Waals surface area contributed by atoms with E-state index in [0.29, 0.717) is 70.9 Å². The zero-order chi connectivity index (χ0) is 90.8. The van der Waals surface area contributed by atoms with Gasteiger partial charge in [-0.3, -0.25) is 73.1 Å². The van der Waals surface area contributed by atoms with Gasteiger partial charge in [-0.05, 0) is 77.2 Å². The molecule has 0 bridgehead atoms. The molecule has 70 heteroatoms.